The lowest BCUT2D eigenvalue weighted by Crippen LogP contribution is -2.63. The van der Waals surface area contributed by atoms with Gasteiger partial charge >= 0.3 is 6.09 Å². The highest BCUT2D eigenvalue weighted by molar-refractivity contribution is 5.93. The molecule has 3 rings (SSSR count). The number of rotatable bonds is 0. The van der Waals surface area contributed by atoms with Crippen LogP contribution in [0.2, 0.25) is 0 Å². The van der Waals surface area contributed by atoms with Crippen molar-refractivity contribution in [1.82, 2.24) is 0 Å². The van der Waals surface area contributed by atoms with Crippen LogP contribution in [0.1, 0.15) is 26.3 Å². The van der Waals surface area contributed by atoms with Gasteiger partial charge in [-0.15, -0.1) is 0 Å². The number of ether oxygens (including phenoxy) is 2. The van der Waals surface area contributed by atoms with Crippen LogP contribution in [0.4, 0.5) is 10.5 Å². The predicted octanol–water partition coefficient (Wildman–Crippen LogP) is 2.75. The Morgan fingerprint density at radius 1 is 1.32 bits per heavy atom. The third-order valence-electron chi connectivity index (χ3n) is 3.54. The minimum absolute atomic E-state index is 0.230. The third-order valence-corrected chi connectivity index (χ3v) is 3.54. The first-order chi connectivity index (χ1) is 8.91. The van der Waals surface area contributed by atoms with Crippen molar-refractivity contribution in [2.24, 2.45) is 0 Å². The van der Waals surface area contributed by atoms with Gasteiger partial charge in [0.15, 0.2) is 0 Å². The highest BCUT2D eigenvalue weighted by atomic mass is 16.6. The lowest BCUT2D eigenvalue weighted by Gasteiger charge is -2.45. The highest BCUT2D eigenvalue weighted by Crippen LogP contribution is 2.43. The van der Waals surface area contributed by atoms with Gasteiger partial charge in [0.25, 0.3) is 0 Å². The molecule has 0 aromatic heterocycles. The molecule has 1 amide bonds. The molecule has 2 aliphatic rings. The lowest BCUT2D eigenvalue weighted by atomic mass is 9.92. The Bertz CT molecular complexity index is 514. The summed E-state index contributed by atoms with van der Waals surface area (Å²) in [6, 6.07) is 8.01. The minimum atomic E-state index is -0.486. The molecular weight excluding hydrogens is 242 g/mol. The standard InChI is InChI=1S/C15H19NO3/c1-14(2,3)19-13(17)16-12-7-5-4-6-11(12)8-15(16)9-18-10-15/h4-7H,8-10H2,1-3H3. The zero-order valence-electron chi connectivity index (χ0n) is 11.6. The molecule has 0 aliphatic carbocycles. The molecule has 0 radical (unpaired) electrons. The number of nitrogens with zero attached hydrogens (tertiary/aromatic N) is 1. The fourth-order valence-corrected chi connectivity index (χ4v) is 2.74. The Hall–Kier alpha value is -1.55. The molecule has 4 nitrogen and oxygen atoms in total. The first-order valence-electron chi connectivity index (χ1n) is 6.60. The summed E-state index contributed by atoms with van der Waals surface area (Å²) >= 11 is 0. The van der Waals surface area contributed by atoms with Crippen molar-refractivity contribution in [3.63, 3.8) is 0 Å². The summed E-state index contributed by atoms with van der Waals surface area (Å²) in [4.78, 5) is 14.3. The van der Waals surface area contributed by atoms with Crippen molar-refractivity contribution in [2.45, 2.75) is 38.3 Å². The van der Waals surface area contributed by atoms with Gasteiger partial charge in [-0.2, -0.15) is 0 Å². The van der Waals surface area contributed by atoms with Crippen LogP contribution in [0.15, 0.2) is 24.3 Å². The van der Waals surface area contributed by atoms with Gasteiger partial charge in [0.05, 0.1) is 18.9 Å². The van der Waals surface area contributed by atoms with E-state index in [1.54, 1.807) is 4.90 Å². The van der Waals surface area contributed by atoms with E-state index in [1.165, 1.54) is 5.56 Å². The fraction of sp³-hybridized carbons (Fsp3) is 0.533. The molecule has 19 heavy (non-hydrogen) atoms. The number of carbonyl (C=O) groups is 1. The van der Waals surface area contributed by atoms with E-state index in [9.17, 15) is 4.79 Å². The second kappa shape index (κ2) is 3.97. The van der Waals surface area contributed by atoms with Gasteiger partial charge in [-0.25, -0.2) is 4.79 Å². The van der Waals surface area contributed by atoms with Crippen molar-refractivity contribution in [3.8, 4) is 0 Å². The van der Waals surface area contributed by atoms with Gasteiger partial charge in [-0.1, -0.05) is 18.2 Å². The average Bonchev–Trinajstić information content (AvgIpc) is 2.61. The zero-order valence-corrected chi connectivity index (χ0v) is 11.6. The topological polar surface area (TPSA) is 38.8 Å². The molecule has 1 saturated heterocycles. The highest BCUT2D eigenvalue weighted by Gasteiger charge is 2.53. The Labute approximate surface area is 113 Å². The van der Waals surface area contributed by atoms with Gasteiger partial charge in [-0.3, -0.25) is 4.90 Å². The Kier molecular flexibility index (Phi) is 2.61. The van der Waals surface area contributed by atoms with E-state index in [2.05, 4.69) is 6.07 Å². The molecule has 2 aliphatic heterocycles. The third kappa shape index (κ3) is 2.00. The Balaban J connectivity index is 1.95. The van der Waals surface area contributed by atoms with E-state index in [0.29, 0.717) is 13.2 Å². The molecular formula is C15H19NO3. The summed E-state index contributed by atoms with van der Waals surface area (Å²) in [5.74, 6) is 0. The summed E-state index contributed by atoms with van der Waals surface area (Å²) in [5, 5.41) is 0. The van der Waals surface area contributed by atoms with Gasteiger partial charge in [0, 0.05) is 6.42 Å². The number of carbonyl (C=O) groups excluding carboxylic acids is 1. The van der Waals surface area contributed by atoms with Crippen molar-refractivity contribution >= 4 is 11.8 Å². The molecule has 1 aromatic rings. The zero-order chi connectivity index (χ0) is 13.7. The molecule has 0 atom stereocenters. The van der Waals surface area contributed by atoms with Crippen LogP contribution >= 0.6 is 0 Å². The number of hydrogen-bond acceptors (Lipinski definition) is 3. The molecule has 0 unspecified atom stereocenters. The van der Waals surface area contributed by atoms with Crippen LogP contribution in [0.25, 0.3) is 0 Å². The van der Waals surface area contributed by atoms with Crippen LogP contribution in [0.5, 0.6) is 0 Å². The van der Waals surface area contributed by atoms with Gasteiger partial charge in [0.1, 0.15) is 11.1 Å². The molecule has 1 aromatic carbocycles. The van der Waals surface area contributed by atoms with Crippen LogP contribution in [-0.4, -0.2) is 30.4 Å². The summed E-state index contributed by atoms with van der Waals surface area (Å²) in [5.41, 5.74) is 1.43. The van der Waals surface area contributed by atoms with Crippen LogP contribution < -0.4 is 4.90 Å². The maximum absolute atomic E-state index is 12.5. The summed E-state index contributed by atoms with van der Waals surface area (Å²) in [6.45, 7) is 6.83. The molecule has 2 heterocycles. The molecule has 1 fully saturated rings. The molecule has 0 N–H and O–H groups in total. The average molecular weight is 261 g/mol. The normalized spacial score (nSPS) is 20.1. The van der Waals surface area contributed by atoms with Crippen LogP contribution in [-0.2, 0) is 15.9 Å². The van der Waals surface area contributed by atoms with Crippen molar-refractivity contribution < 1.29 is 14.3 Å². The van der Waals surface area contributed by atoms with Crippen LogP contribution in [0.3, 0.4) is 0 Å². The van der Waals surface area contributed by atoms with E-state index in [0.717, 1.165) is 12.1 Å². The molecule has 4 heteroatoms. The number of amides is 1. The quantitative estimate of drug-likeness (QED) is 0.721. The number of benzene rings is 1. The molecule has 102 valence electrons. The number of fused-ring (bicyclic) bond motifs is 1. The van der Waals surface area contributed by atoms with Crippen molar-refractivity contribution in [3.05, 3.63) is 29.8 Å². The van der Waals surface area contributed by atoms with E-state index >= 15 is 0 Å². The SMILES string of the molecule is CC(C)(C)OC(=O)N1c2ccccc2CC12COC2. The molecule has 0 bridgehead atoms. The first kappa shape index (κ1) is 12.5. The maximum atomic E-state index is 12.5. The van der Waals surface area contributed by atoms with Gasteiger partial charge in [-0.05, 0) is 32.4 Å². The largest absolute Gasteiger partial charge is 0.443 e. The Morgan fingerprint density at radius 2 is 2.00 bits per heavy atom. The van der Waals surface area contributed by atoms with Gasteiger partial charge < -0.3 is 9.47 Å². The number of hydrogen-bond donors (Lipinski definition) is 0. The van der Waals surface area contributed by atoms with Crippen LogP contribution in [0, 0.1) is 0 Å². The van der Waals surface area contributed by atoms with E-state index in [1.807, 2.05) is 39.0 Å². The number of anilines is 1. The molecule has 1 spiro atoms. The minimum Gasteiger partial charge on any atom is -0.443 e. The van der Waals surface area contributed by atoms with Gasteiger partial charge in [0.2, 0.25) is 0 Å². The summed E-state index contributed by atoms with van der Waals surface area (Å²) in [6.07, 6.45) is 0.573. The van der Waals surface area contributed by atoms with Crippen molar-refractivity contribution in [1.29, 1.82) is 0 Å². The molecule has 0 saturated carbocycles. The van der Waals surface area contributed by atoms with E-state index < -0.39 is 5.60 Å². The summed E-state index contributed by atoms with van der Waals surface area (Å²) < 4.78 is 10.9. The van der Waals surface area contributed by atoms with E-state index in [-0.39, 0.29) is 11.6 Å². The predicted molar refractivity (Wildman–Crippen MR) is 72.4 cm³/mol. The smallest absolute Gasteiger partial charge is 0.415 e. The first-order valence-corrected chi connectivity index (χ1v) is 6.60. The maximum Gasteiger partial charge on any atom is 0.415 e. The monoisotopic (exact) mass is 261 g/mol. The second-order valence-electron chi connectivity index (χ2n) is 6.34. The van der Waals surface area contributed by atoms with E-state index in [4.69, 9.17) is 9.47 Å². The van der Waals surface area contributed by atoms with Crippen molar-refractivity contribution in [2.75, 3.05) is 18.1 Å². The second-order valence-corrected chi connectivity index (χ2v) is 6.34. The summed E-state index contributed by atoms with van der Waals surface area (Å²) in [7, 11) is 0. The number of para-hydroxylation sites is 1. The Morgan fingerprint density at radius 3 is 2.58 bits per heavy atom. The lowest BCUT2D eigenvalue weighted by molar-refractivity contribution is -0.0552. The fourth-order valence-electron chi connectivity index (χ4n) is 2.74.